The van der Waals surface area contributed by atoms with Gasteiger partial charge in [0, 0.05) is 0 Å². The minimum atomic E-state index is -0.813. The maximum atomic E-state index is 10.4. The van der Waals surface area contributed by atoms with Crippen LogP contribution in [0.5, 0.6) is 0 Å². The normalized spacial score (nSPS) is 24.6. The molecule has 0 heterocycles. The molecule has 0 aromatic heterocycles. The molecule has 1 rings (SSSR count). The van der Waals surface area contributed by atoms with Crippen molar-refractivity contribution in [1.29, 1.82) is 5.26 Å². The molecule has 1 unspecified atom stereocenters. The highest BCUT2D eigenvalue weighted by molar-refractivity contribution is 5.12. The van der Waals surface area contributed by atoms with Crippen LogP contribution in [0.2, 0.25) is 0 Å². The van der Waals surface area contributed by atoms with Crippen molar-refractivity contribution in [2.75, 3.05) is 0 Å². The Kier molecular flexibility index (Phi) is 3.21. The maximum Gasteiger partial charge on any atom is 0.0857 e. The second kappa shape index (κ2) is 3.90. The molecule has 0 amide bonds. The number of rotatable bonds is 3. The summed E-state index contributed by atoms with van der Waals surface area (Å²) in [4.78, 5) is 0. The third kappa shape index (κ3) is 1.93. The zero-order valence-corrected chi connectivity index (χ0v) is 9.51. The van der Waals surface area contributed by atoms with Gasteiger partial charge in [-0.1, -0.05) is 26.7 Å². The highest BCUT2D eigenvalue weighted by Crippen LogP contribution is 2.48. The van der Waals surface area contributed by atoms with Gasteiger partial charge in [-0.25, -0.2) is 0 Å². The Morgan fingerprint density at radius 3 is 2.29 bits per heavy atom. The van der Waals surface area contributed by atoms with Gasteiger partial charge in [-0.3, -0.25) is 0 Å². The molecular formula is C12H21NO. The van der Waals surface area contributed by atoms with E-state index in [-0.39, 0.29) is 0 Å². The molecule has 1 aliphatic rings. The van der Waals surface area contributed by atoms with E-state index in [9.17, 15) is 10.4 Å². The van der Waals surface area contributed by atoms with E-state index in [0.29, 0.717) is 5.92 Å². The van der Waals surface area contributed by atoms with Gasteiger partial charge in [-0.2, -0.15) is 5.26 Å². The molecule has 1 aliphatic carbocycles. The van der Waals surface area contributed by atoms with Gasteiger partial charge in [0.15, 0.2) is 0 Å². The summed E-state index contributed by atoms with van der Waals surface area (Å²) in [5, 5.41) is 19.7. The van der Waals surface area contributed by atoms with E-state index in [0.717, 1.165) is 32.1 Å². The Bertz CT molecular complexity index is 231. The highest BCUT2D eigenvalue weighted by atomic mass is 16.3. The first kappa shape index (κ1) is 11.5. The summed E-state index contributed by atoms with van der Waals surface area (Å²) in [6, 6.07) is 2.37. The predicted octanol–water partition coefficient (Wildman–Crippen LogP) is 2.87. The van der Waals surface area contributed by atoms with Gasteiger partial charge in [-0.15, -0.1) is 0 Å². The minimum absolute atomic E-state index is 0.441. The molecule has 0 aromatic rings. The number of hydrogen-bond acceptors (Lipinski definition) is 2. The summed E-state index contributed by atoms with van der Waals surface area (Å²) in [6.07, 6.45) is 4.62. The Morgan fingerprint density at radius 2 is 1.93 bits per heavy atom. The van der Waals surface area contributed by atoms with Crippen LogP contribution in [0.3, 0.4) is 0 Å². The lowest BCUT2D eigenvalue weighted by molar-refractivity contribution is -0.0521. The van der Waals surface area contributed by atoms with E-state index in [2.05, 4.69) is 19.9 Å². The number of nitrogens with zero attached hydrogens (tertiary/aromatic N) is 1. The van der Waals surface area contributed by atoms with Gasteiger partial charge in [-0.05, 0) is 32.1 Å². The SMILES string of the molecule is CC(C)CC(C)(O)C1(C#N)CCCC1. The molecular weight excluding hydrogens is 174 g/mol. The zero-order chi connectivity index (χ0) is 10.8. The molecule has 1 fully saturated rings. The molecule has 80 valence electrons. The van der Waals surface area contributed by atoms with Crippen molar-refractivity contribution in [1.82, 2.24) is 0 Å². The van der Waals surface area contributed by atoms with Crippen molar-refractivity contribution < 1.29 is 5.11 Å². The molecule has 0 spiro atoms. The van der Waals surface area contributed by atoms with Crippen LogP contribution in [0.15, 0.2) is 0 Å². The lowest BCUT2D eigenvalue weighted by Crippen LogP contribution is -2.44. The zero-order valence-electron chi connectivity index (χ0n) is 9.51. The highest BCUT2D eigenvalue weighted by Gasteiger charge is 2.49. The largest absolute Gasteiger partial charge is 0.389 e. The average Bonchev–Trinajstić information content (AvgIpc) is 2.50. The summed E-state index contributed by atoms with van der Waals surface area (Å²) in [5.41, 5.74) is -1.29. The van der Waals surface area contributed by atoms with Crippen LogP contribution >= 0.6 is 0 Å². The van der Waals surface area contributed by atoms with Gasteiger partial charge in [0.05, 0.1) is 17.1 Å². The van der Waals surface area contributed by atoms with Crippen LogP contribution in [0.4, 0.5) is 0 Å². The van der Waals surface area contributed by atoms with Crippen LogP contribution in [0.25, 0.3) is 0 Å². The van der Waals surface area contributed by atoms with Crippen LogP contribution in [0.1, 0.15) is 52.9 Å². The Balaban J connectivity index is 2.82. The molecule has 2 heteroatoms. The van der Waals surface area contributed by atoms with Crippen molar-refractivity contribution in [2.24, 2.45) is 11.3 Å². The van der Waals surface area contributed by atoms with Crippen molar-refractivity contribution in [2.45, 2.75) is 58.5 Å². The van der Waals surface area contributed by atoms with Crippen molar-refractivity contribution in [3.63, 3.8) is 0 Å². The van der Waals surface area contributed by atoms with Gasteiger partial charge in [0.1, 0.15) is 0 Å². The molecule has 1 N–H and O–H groups in total. The minimum Gasteiger partial charge on any atom is -0.389 e. The number of aliphatic hydroxyl groups is 1. The lowest BCUT2D eigenvalue weighted by Gasteiger charge is -2.38. The van der Waals surface area contributed by atoms with Crippen molar-refractivity contribution in [3.8, 4) is 6.07 Å². The molecule has 1 atom stereocenters. The van der Waals surface area contributed by atoms with Crippen LogP contribution in [-0.4, -0.2) is 10.7 Å². The van der Waals surface area contributed by atoms with E-state index in [1.165, 1.54) is 0 Å². The van der Waals surface area contributed by atoms with Crippen molar-refractivity contribution in [3.05, 3.63) is 0 Å². The van der Waals surface area contributed by atoms with Gasteiger partial charge < -0.3 is 5.11 Å². The van der Waals surface area contributed by atoms with Gasteiger partial charge in [0.2, 0.25) is 0 Å². The second-order valence-corrected chi connectivity index (χ2v) is 5.27. The van der Waals surface area contributed by atoms with E-state index in [1.54, 1.807) is 0 Å². The molecule has 0 aromatic carbocycles. The van der Waals surface area contributed by atoms with Crippen LogP contribution in [-0.2, 0) is 0 Å². The molecule has 1 saturated carbocycles. The Labute approximate surface area is 86.9 Å². The molecule has 0 aliphatic heterocycles. The van der Waals surface area contributed by atoms with Gasteiger partial charge in [0.25, 0.3) is 0 Å². The molecule has 2 nitrogen and oxygen atoms in total. The standard InChI is InChI=1S/C12H21NO/c1-10(2)8-11(3,14)12(9-13)6-4-5-7-12/h10,14H,4-8H2,1-3H3. The quantitative estimate of drug-likeness (QED) is 0.752. The maximum absolute atomic E-state index is 10.4. The van der Waals surface area contributed by atoms with Crippen LogP contribution in [0, 0.1) is 22.7 Å². The smallest absolute Gasteiger partial charge is 0.0857 e. The first-order valence-corrected chi connectivity index (χ1v) is 5.57. The van der Waals surface area contributed by atoms with Crippen LogP contribution < -0.4 is 0 Å². The molecule has 14 heavy (non-hydrogen) atoms. The first-order valence-electron chi connectivity index (χ1n) is 5.57. The average molecular weight is 195 g/mol. The molecule has 0 saturated heterocycles. The molecule has 0 radical (unpaired) electrons. The Morgan fingerprint density at radius 1 is 1.43 bits per heavy atom. The van der Waals surface area contributed by atoms with E-state index >= 15 is 0 Å². The number of hydrogen-bond donors (Lipinski definition) is 1. The molecule has 0 bridgehead atoms. The lowest BCUT2D eigenvalue weighted by atomic mass is 9.69. The third-order valence-corrected chi connectivity index (χ3v) is 3.51. The number of nitriles is 1. The topological polar surface area (TPSA) is 44.0 Å². The summed E-state index contributed by atoms with van der Waals surface area (Å²) >= 11 is 0. The van der Waals surface area contributed by atoms with E-state index in [1.807, 2.05) is 6.92 Å². The fourth-order valence-electron chi connectivity index (χ4n) is 2.74. The van der Waals surface area contributed by atoms with E-state index < -0.39 is 11.0 Å². The second-order valence-electron chi connectivity index (χ2n) is 5.27. The summed E-state index contributed by atoms with van der Waals surface area (Å²) in [6.45, 7) is 6.02. The first-order chi connectivity index (χ1) is 6.43. The Hall–Kier alpha value is -0.550. The fraction of sp³-hybridized carbons (Fsp3) is 0.917. The van der Waals surface area contributed by atoms with E-state index in [4.69, 9.17) is 0 Å². The fourth-order valence-corrected chi connectivity index (χ4v) is 2.74. The van der Waals surface area contributed by atoms with Crippen molar-refractivity contribution >= 4 is 0 Å². The summed E-state index contributed by atoms with van der Waals surface area (Å²) < 4.78 is 0. The summed E-state index contributed by atoms with van der Waals surface area (Å²) in [7, 11) is 0. The predicted molar refractivity (Wildman–Crippen MR) is 56.6 cm³/mol. The monoisotopic (exact) mass is 195 g/mol. The van der Waals surface area contributed by atoms with Gasteiger partial charge >= 0.3 is 0 Å². The summed E-state index contributed by atoms with van der Waals surface area (Å²) in [5.74, 6) is 0.441. The third-order valence-electron chi connectivity index (χ3n) is 3.51.